The van der Waals surface area contributed by atoms with Crippen LogP contribution in [0.2, 0.25) is 0 Å². The third kappa shape index (κ3) is 8.33. The van der Waals surface area contributed by atoms with Gasteiger partial charge in [-0.3, -0.25) is 0 Å². The normalized spacial score (nSPS) is 11.3. The summed E-state index contributed by atoms with van der Waals surface area (Å²) in [7, 11) is 0. The summed E-state index contributed by atoms with van der Waals surface area (Å²) < 4.78 is 8.69. The fourth-order valence-corrected chi connectivity index (χ4v) is 3.62. The van der Waals surface area contributed by atoms with Crippen LogP contribution in [0.3, 0.4) is 0 Å². The van der Waals surface area contributed by atoms with Crippen molar-refractivity contribution in [3.8, 4) is 11.4 Å². The molecule has 4 nitrogen and oxygen atoms in total. The fraction of sp³-hybridized carbons (Fsp3) is 0.385. The van der Waals surface area contributed by atoms with E-state index in [1.165, 1.54) is 44.9 Å². The summed E-state index contributed by atoms with van der Waals surface area (Å²) in [4.78, 5) is 0. The molecule has 0 spiro atoms. The molecule has 3 aromatic rings. The number of halogens is 1. The first-order valence-electron chi connectivity index (χ1n) is 11.3. The Bertz CT molecular complexity index is 917. The van der Waals surface area contributed by atoms with Crippen LogP contribution in [-0.2, 0) is 0 Å². The molecule has 1 aromatic heterocycles. The zero-order valence-corrected chi connectivity index (χ0v) is 19.9. The molecule has 0 unspecified atom stereocenters. The summed E-state index contributed by atoms with van der Waals surface area (Å²) in [5, 5.41) is 8.42. The van der Waals surface area contributed by atoms with Crippen LogP contribution in [0.5, 0.6) is 5.75 Å². The number of ether oxygens (including phenoxy) is 1. The maximum atomic E-state index is 5.88. The van der Waals surface area contributed by atoms with Gasteiger partial charge in [-0.1, -0.05) is 91.2 Å². The van der Waals surface area contributed by atoms with Gasteiger partial charge in [0, 0.05) is 4.47 Å². The average Bonchev–Trinajstić information content (AvgIpc) is 3.27. The molecule has 0 amide bonds. The molecule has 0 fully saturated rings. The number of rotatable bonds is 13. The molecule has 0 radical (unpaired) electrons. The minimum Gasteiger partial charge on any atom is -0.494 e. The largest absolute Gasteiger partial charge is 0.494 e. The van der Waals surface area contributed by atoms with Crippen LogP contribution in [0.1, 0.15) is 69.5 Å². The highest BCUT2D eigenvalue weighted by molar-refractivity contribution is 9.10. The molecule has 31 heavy (non-hydrogen) atoms. The van der Waals surface area contributed by atoms with E-state index in [2.05, 4.69) is 45.3 Å². The fourth-order valence-electron chi connectivity index (χ4n) is 3.36. The van der Waals surface area contributed by atoms with Crippen LogP contribution >= 0.6 is 15.9 Å². The van der Waals surface area contributed by atoms with E-state index in [-0.39, 0.29) is 0 Å². The van der Waals surface area contributed by atoms with Gasteiger partial charge < -0.3 is 4.74 Å². The molecule has 0 bridgehead atoms. The van der Waals surface area contributed by atoms with Crippen molar-refractivity contribution in [3.05, 3.63) is 70.5 Å². The second-order valence-corrected chi connectivity index (χ2v) is 8.71. The Morgan fingerprint density at radius 3 is 2.23 bits per heavy atom. The minimum atomic E-state index is 0.795. The Hall–Kier alpha value is -2.40. The second-order valence-electron chi connectivity index (χ2n) is 7.79. The molecule has 5 heteroatoms. The molecular weight excluding hydrogens is 450 g/mol. The predicted octanol–water partition coefficient (Wildman–Crippen LogP) is 7.72. The van der Waals surface area contributed by atoms with Gasteiger partial charge in [-0.2, -0.15) is 0 Å². The van der Waals surface area contributed by atoms with Crippen molar-refractivity contribution in [2.45, 2.75) is 58.3 Å². The number of hydrogen-bond donors (Lipinski definition) is 0. The second kappa shape index (κ2) is 13.1. The van der Waals surface area contributed by atoms with Crippen molar-refractivity contribution in [3.63, 3.8) is 0 Å². The molecule has 3 rings (SSSR count). The number of aromatic nitrogens is 3. The first-order chi connectivity index (χ1) is 15.2. The molecule has 0 aliphatic rings. The summed E-state index contributed by atoms with van der Waals surface area (Å²) in [6.07, 6.45) is 16.5. The molecule has 0 atom stereocenters. The zero-order chi connectivity index (χ0) is 21.7. The molecule has 0 aliphatic carbocycles. The van der Waals surface area contributed by atoms with Crippen LogP contribution in [0, 0.1) is 0 Å². The zero-order valence-electron chi connectivity index (χ0n) is 18.3. The van der Waals surface area contributed by atoms with Crippen LogP contribution in [-0.4, -0.2) is 21.6 Å². The standard InChI is InChI=1S/C26H32BrN3O/c1-2-3-4-5-6-7-8-9-20-31-26-18-11-22(12-19-26)10-15-24-21-30(29-28-24)25-16-13-23(27)14-17-25/h10-19,21H,2-9,20H2,1H3/b15-10+. The Kier molecular flexibility index (Phi) is 9.84. The van der Waals surface area contributed by atoms with Crippen molar-refractivity contribution in [2.24, 2.45) is 0 Å². The lowest BCUT2D eigenvalue weighted by Gasteiger charge is -2.06. The number of benzene rings is 2. The van der Waals surface area contributed by atoms with Gasteiger partial charge in [0.2, 0.25) is 0 Å². The third-order valence-electron chi connectivity index (χ3n) is 5.20. The highest BCUT2D eigenvalue weighted by Crippen LogP contribution is 2.17. The number of hydrogen-bond acceptors (Lipinski definition) is 3. The summed E-state index contributed by atoms with van der Waals surface area (Å²) in [5.74, 6) is 0.932. The van der Waals surface area contributed by atoms with Crippen molar-refractivity contribution in [1.29, 1.82) is 0 Å². The SMILES string of the molecule is CCCCCCCCCCOc1ccc(/C=C/c2cn(-c3ccc(Br)cc3)nn2)cc1. The van der Waals surface area contributed by atoms with Crippen molar-refractivity contribution in [2.75, 3.05) is 6.61 Å². The lowest BCUT2D eigenvalue weighted by atomic mass is 10.1. The average molecular weight is 482 g/mol. The van der Waals surface area contributed by atoms with Gasteiger partial charge >= 0.3 is 0 Å². The summed E-state index contributed by atoms with van der Waals surface area (Å²) in [5.41, 5.74) is 2.91. The maximum absolute atomic E-state index is 5.88. The van der Waals surface area contributed by atoms with Gasteiger partial charge in [0.1, 0.15) is 11.4 Å². The summed E-state index contributed by atoms with van der Waals surface area (Å²) in [6, 6.07) is 16.2. The smallest absolute Gasteiger partial charge is 0.119 e. The van der Waals surface area contributed by atoms with Gasteiger partial charge in [0.25, 0.3) is 0 Å². The van der Waals surface area contributed by atoms with Crippen LogP contribution in [0.4, 0.5) is 0 Å². The molecule has 164 valence electrons. The molecule has 0 aliphatic heterocycles. The molecule has 0 N–H and O–H groups in total. The monoisotopic (exact) mass is 481 g/mol. The van der Waals surface area contributed by atoms with Crippen molar-refractivity contribution >= 4 is 28.1 Å². The third-order valence-corrected chi connectivity index (χ3v) is 5.72. The topological polar surface area (TPSA) is 39.9 Å². The number of unbranched alkanes of at least 4 members (excludes halogenated alkanes) is 7. The van der Waals surface area contributed by atoms with E-state index in [0.717, 1.165) is 40.2 Å². The summed E-state index contributed by atoms with van der Waals surface area (Å²) in [6.45, 7) is 3.06. The highest BCUT2D eigenvalue weighted by atomic mass is 79.9. The summed E-state index contributed by atoms with van der Waals surface area (Å²) >= 11 is 3.45. The van der Waals surface area contributed by atoms with E-state index < -0.39 is 0 Å². The van der Waals surface area contributed by atoms with E-state index in [1.54, 1.807) is 4.68 Å². The minimum absolute atomic E-state index is 0.795. The van der Waals surface area contributed by atoms with E-state index in [4.69, 9.17) is 4.74 Å². The van der Waals surface area contributed by atoms with E-state index >= 15 is 0 Å². The molecule has 0 saturated carbocycles. The van der Waals surface area contributed by atoms with Gasteiger partial charge in [-0.15, -0.1) is 5.10 Å². The highest BCUT2D eigenvalue weighted by Gasteiger charge is 2.01. The maximum Gasteiger partial charge on any atom is 0.119 e. The Labute approximate surface area is 194 Å². The predicted molar refractivity (Wildman–Crippen MR) is 133 cm³/mol. The van der Waals surface area contributed by atoms with Crippen molar-refractivity contribution < 1.29 is 4.74 Å². The molecule has 2 aromatic carbocycles. The molecular formula is C26H32BrN3O. The van der Waals surface area contributed by atoms with Gasteiger partial charge in [0.05, 0.1) is 18.5 Å². The van der Waals surface area contributed by atoms with Crippen LogP contribution in [0.25, 0.3) is 17.8 Å². The van der Waals surface area contributed by atoms with Gasteiger partial charge in [-0.25, -0.2) is 4.68 Å². The first kappa shape index (κ1) is 23.3. The molecule has 1 heterocycles. The Balaban J connectivity index is 1.38. The van der Waals surface area contributed by atoms with Crippen molar-refractivity contribution in [1.82, 2.24) is 15.0 Å². The Morgan fingerprint density at radius 2 is 1.52 bits per heavy atom. The Morgan fingerprint density at radius 1 is 0.839 bits per heavy atom. The van der Waals surface area contributed by atoms with E-state index in [0.29, 0.717) is 0 Å². The molecule has 0 saturated heterocycles. The lowest BCUT2D eigenvalue weighted by molar-refractivity contribution is 0.304. The van der Waals surface area contributed by atoms with E-state index in [9.17, 15) is 0 Å². The quantitative estimate of drug-likeness (QED) is 0.234. The lowest BCUT2D eigenvalue weighted by Crippen LogP contribution is -1.97. The first-order valence-corrected chi connectivity index (χ1v) is 12.1. The van der Waals surface area contributed by atoms with E-state index in [1.807, 2.05) is 54.7 Å². The van der Waals surface area contributed by atoms with Crippen LogP contribution < -0.4 is 4.74 Å². The van der Waals surface area contributed by atoms with Crippen LogP contribution in [0.15, 0.2) is 59.2 Å². The number of nitrogens with zero attached hydrogens (tertiary/aromatic N) is 3. The van der Waals surface area contributed by atoms with Gasteiger partial charge in [0.15, 0.2) is 0 Å². The van der Waals surface area contributed by atoms with Gasteiger partial charge in [-0.05, 0) is 54.5 Å².